The molecule has 1 saturated carbocycles. The molecule has 1 heterocycles. The summed E-state index contributed by atoms with van der Waals surface area (Å²) in [4.78, 5) is 15.9. The maximum atomic E-state index is 10.8. The van der Waals surface area contributed by atoms with Gasteiger partial charge >= 0.3 is 6.03 Å². The Kier molecular flexibility index (Phi) is 5.27. The molecule has 0 spiro atoms. The number of amides is 2. The average Bonchev–Trinajstić information content (AvgIpc) is 3.04. The Labute approximate surface area is 138 Å². The molecule has 0 bridgehead atoms. The third kappa shape index (κ3) is 4.78. The van der Waals surface area contributed by atoms with Gasteiger partial charge in [-0.15, -0.1) is 0 Å². The zero-order valence-corrected chi connectivity index (χ0v) is 13.3. The molecule has 0 aromatic heterocycles. The number of primary amides is 1. The van der Waals surface area contributed by atoms with Crippen molar-refractivity contribution in [3.05, 3.63) is 34.9 Å². The first-order valence-electron chi connectivity index (χ1n) is 7.49. The zero-order valence-electron chi connectivity index (χ0n) is 12.5. The predicted octanol–water partition coefficient (Wildman–Crippen LogP) is 2.46. The molecule has 1 saturated heterocycles. The van der Waals surface area contributed by atoms with Gasteiger partial charge in [-0.2, -0.15) is 4.28 Å². The van der Waals surface area contributed by atoms with Crippen LogP contribution in [0.1, 0.15) is 31.2 Å². The van der Waals surface area contributed by atoms with Crippen molar-refractivity contribution >= 4 is 24.1 Å². The van der Waals surface area contributed by atoms with Crippen molar-refractivity contribution in [1.82, 2.24) is 11.0 Å². The first-order chi connectivity index (χ1) is 11.2. The molecular weight excluding hydrogens is 318 g/mol. The summed E-state index contributed by atoms with van der Waals surface area (Å²) in [7, 11) is 0. The van der Waals surface area contributed by atoms with Crippen LogP contribution in [0.3, 0.4) is 0 Å². The van der Waals surface area contributed by atoms with Crippen molar-refractivity contribution in [1.29, 1.82) is 0 Å². The lowest BCUT2D eigenvalue weighted by Crippen LogP contribution is -2.42. The van der Waals surface area contributed by atoms with Gasteiger partial charge in [0.15, 0.2) is 0 Å². The Morgan fingerprint density at radius 2 is 2.04 bits per heavy atom. The molecule has 1 aromatic rings. The quantitative estimate of drug-likeness (QED) is 0.731. The van der Waals surface area contributed by atoms with Gasteiger partial charge in [-0.3, -0.25) is 0 Å². The second-order valence-electron chi connectivity index (χ2n) is 5.48. The summed E-state index contributed by atoms with van der Waals surface area (Å²) in [6, 6.07) is 7.52. The maximum absolute atomic E-state index is 10.8. The SMILES string of the molecule is NC(=O)NC1CCC(Oc2ccc(/C=C3\ONOS3)cc2)CC1. The minimum atomic E-state index is -0.455. The summed E-state index contributed by atoms with van der Waals surface area (Å²) >= 11 is 1.13. The number of nitrogens with two attached hydrogens (primary N) is 1. The van der Waals surface area contributed by atoms with Crippen molar-refractivity contribution < 1.29 is 18.7 Å². The van der Waals surface area contributed by atoms with Gasteiger partial charge in [0, 0.05) is 6.04 Å². The Morgan fingerprint density at radius 3 is 2.65 bits per heavy atom. The molecule has 2 aliphatic rings. The number of rotatable bonds is 4. The molecule has 4 N–H and O–H groups in total. The second kappa shape index (κ2) is 7.58. The highest BCUT2D eigenvalue weighted by Crippen LogP contribution is 2.27. The van der Waals surface area contributed by atoms with Crippen LogP contribution < -0.4 is 21.4 Å². The third-order valence-corrected chi connectivity index (χ3v) is 4.30. The molecule has 3 rings (SSSR count). The summed E-state index contributed by atoms with van der Waals surface area (Å²) in [5.41, 5.74) is 8.46. The number of carbonyl (C=O) groups is 1. The van der Waals surface area contributed by atoms with Crippen LogP contribution in [0.15, 0.2) is 29.4 Å². The third-order valence-electron chi connectivity index (χ3n) is 3.79. The van der Waals surface area contributed by atoms with Gasteiger partial charge in [-0.25, -0.2) is 4.79 Å². The van der Waals surface area contributed by atoms with Crippen LogP contribution in [0, 0.1) is 0 Å². The number of ether oxygens (including phenoxy) is 1. The maximum Gasteiger partial charge on any atom is 0.312 e. The van der Waals surface area contributed by atoms with Crippen LogP contribution in [-0.2, 0) is 9.12 Å². The van der Waals surface area contributed by atoms with E-state index in [0.717, 1.165) is 49.0 Å². The highest BCUT2D eigenvalue weighted by molar-refractivity contribution is 7.98. The number of nitrogens with one attached hydrogen (secondary N) is 2. The lowest BCUT2D eigenvalue weighted by Gasteiger charge is -2.29. The standard InChI is InChI=1S/C15H19N3O4S/c16-15(19)17-11-3-7-13(8-4-11)20-12-5-1-10(2-6-12)9-14-21-18-22-23-14/h1-2,5-6,9,11,13,18H,3-4,7-8H2,(H3,16,17,19)/b14-9+. The minimum absolute atomic E-state index is 0.168. The molecule has 0 atom stereocenters. The summed E-state index contributed by atoms with van der Waals surface area (Å²) < 4.78 is 10.8. The van der Waals surface area contributed by atoms with Gasteiger partial charge in [-0.05, 0) is 55.1 Å². The van der Waals surface area contributed by atoms with E-state index in [4.69, 9.17) is 19.6 Å². The number of hydrogen-bond donors (Lipinski definition) is 3. The van der Waals surface area contributed by atoms with Crippen molar-refractivity contribution in [3.8, 4) is 5.75 Å². The van der Waals surface area contributed by atoms with Crippen molar-refractivity contribution in [2.75, 3.05) is 0 Å². The van der Waals surface area contributed by atoms with E-state index in [1.165, 1.54) is 0 Å². The largest absolute Gasteiger partial charge is 0.490 e. The lowest BCUT2D eigenvalue weighted by molar-refractivity contribution is -0.0168. The smallest absolute Gasteiger partial charge is 0.312 e. The van der Waals surface area contributed by atoms with E-state index < -0.39 is 6.03 Å². The van der Waals surface area contributed by atoms with Gasteiger partial charge in [-0.1, -0.05) is 12.1 Å². The molecule has 2 fully saturated rings. The van der Waals surface area contributed by atoms with Crippen molar-refractivity contribution in [2.45, 2.75) is 37.8 Å². The summed E-state index contributed by atoms with van der Waals surface area (Å²) in [5.74, 6) is 0.841. The average molecular weight is 337 g/mol. The Bertz CT molecular complexity index is 563. The van der Waals surface area contributed by atoms with Crippen LogP contribution in [0.25, 0.3) is 6.08 Å². The van der Waals surface area contributed by atoms with E-state index >= 15 is 0 Å². The molecule has 0 unspecified atom stereocenters. The van der Waals surface area contributed by atoms with Gasteiger partial charge in [0.25, 0.3) is 0 Å². The fourth-order valence-corrected chi connectivity index (χ4v) is 3.09. The number of urea groups is 1. The minimum Gasteiger partial charge on any atom is -0.490 e. The topological polar surface area (TPSA) is 94.8 Å². The molecule has 8 heteroatoms. The van der Waals surface area contributed by atoms with E-state index in [2.05, 4.69) is 11.0 Å². The Balaban J connectivity index is 1.49. The van der Waals surface area contributed by atoms with Gasteiger partial charge < -0.3 is 20.6 Å². The predicted molar refractivity (Wildman–Crippen MR) is 86.7 cm³/mol. The summed E-state index contributed by atoms with van der Waals surface area (Å²) in [6.45, 7) is 0. The number of hydrogen-bond acceptors (Lipinski definition) is 6. The van der Waals surface area contributed by atoms with Gasteiger partial charge in [0.2, 0.25) is 5.09 Å². The van der Waals surface area contributed by atoms with Crippen LogP contribution in [0.5, 0.6) is 5.75 Å². The van der Waals surface area contributed by atoms with E-state index in [0.29, 0.717) is 5.09 Å². The first-order valence-corrected chi connectivity index (χ1v) is 8.23. The van der Waals surface area contributed by atoms with E-state index in [-0.39, 0.29) is 12.1 Å². The summed E-state index contributed by atoms with van der Waals surface area (Å²) in [6.07, 6.45) is 5.64. The van der Waals surface area contributed by atoms with E-state index in [1.54, 1.807) is 0 Å². The molecule has 124 valence electrons. The Hall–Kier alpha value is -1.90. The van der Waals surface area contributed by atoms with Crippen molar-refractivity contribution in [3.63, 3.8) is 0 Å². The molecule has 23 heavy (non-hydrogen) atoms. The second-order valence-corrected chi connectivity index (χ2v) is 6.22. The van der Waals surface area contributed by atoms with E-state index in [9.17, 15) is 4.79 Å². The highest BCUT2D eigenvalue weighted by Gasteiger charge is 2.23. The zero-order chi connectivity index (χ0) is 16.1. The number of benzene rings is 1. The van der Waals surface area contributed by atoms with Crippen LogP contribution in [0.2, 0.25) is 0 Å². The van der Waals surface area contributed by atoms with Crippen LogP contribution in [0.4, 0.5) is 4.79 Å². The normalized spacial score (nSPS) is 25.8. The molecule has 7 nitrogen and oxygen atoms in total. The fraction of sp³-hybridized carbons (Fsp3) is 0.400. The van der Waals surface area contributed by atoms with Gasteiger partial charge in [0.05, 0.1) is 18.1 Å². The van der Waals surface area contributed by atoms with E-state index in [1.807, 2.05) is 30.3 Å². The molecule has 1 aromatic carbocycles. The molecule has 2 amide bonds. The molecule has 1 aliphatic heterocycles. The van der Waals surface area contributed by atoms with Crippen LogP contribution >= 0.6 is 12.0 Å². The van der Waals surface area contributed by atoms with Gasteiger partial charge in [0.1, 0.15) is 5.75 Å². The highest BCUT2D eigenvalue weighted by atomic mass is 32.2. The first kappa shape index (κ1) is 16.0. The van der Waals surface area contributed by atoms with Crippen LogP contribution in [-0.4, -0.2) is 18.2 Å². The molecular formula is C15H19N3O4S. The van der Waals surface area contributed by atoms with Crippen molar-refractivity contribution in [2.24, 2.45) is 5.73 Å². The molecule has 0 radical (unpaired) electrons. The summed E-state index contributed by atoms with van der Waals surface area (Å²) in [5, 5.41) is 3.41. The lowest BCUT2D eigenvalue weighted by atomic mass is 9.93. The monoisotopic (exact) mass is 337 g/mol. The number of carbonyl (C=O) groups excluding carboxylic acids is 1. The molecule has 1 aliphatic carbocycles. The fourth-order valence-electron chi connectivity index (χ4n) is 2.68. The Morgan fingerprint density at radius 1 is 1.30 bits per heavy atom.